The molecule has 0 aliphatic rings. The number of nitrogen functional groups attached to an aromatic ring is 1. The fourth-order valence-electron chi connectivity index (χ4n) is 2.36. The summed E-state index contributed by atoms with van der Waals surface area (Å²) in [5, 5.41) is 11.9. The number of terminal acetylenes is 1. The lowest BCUT2D eigenvalue weighted by Crippen LogP contribution is -2.29. The van der Waals surface area contributed by atoms with E-state index in [0.29, 0.717) is 27.3 Å². The van der Waals surface area contributed by atoms with Crippen LogP contribution in [0, 0.1) is 18.2 Å². The van der Waals surface area contributed by atoms with Gasteiger partial charge in [-0.3, -0.25) is 5.84 Å². The van der Waals surface area contributed by atoms with Gasteiger partial charge in [0, 0.05) is 18.7 Å². The summed E-state index contributed by atoms with van der Waals surface area (Å²) < 4.78 is 13.4. The van der Waals surface area contributed by atoms with Crippen LogP contribution in [0.15, 0.2) is 30.3 Å². The number of hydrogen-bond donors (Lipinski definition) is 3. The number of halogens is 2. The number of aliphatic hydroxyl groups excluding tert-OH is 1. The van der Waals surface area contributed by atoms with Gasteiger partial charge < -0.3 is 10.8 Å². The number of nitrogens with two attached hydrogens (primary N) is 2. The van der Waals surface area contributed by atoms with E-state index in [-0.39, 0.29) is 5.69 Å². The lowest BCUT2D eigenvalue weighted by atomic mass is 9.92. The molecule has 0 fully saturated rings. The summed E-state index contributed by atoms with van der Waals surface area (Å²) in [7, 11) is 0. The summed E-state index contributed by atoms with van der Waals surface area (Å²) in [5.41, 5.74) is 8.23. The van der Waals surface area contributed by atoms with Gasteiger partial charge in [0.15, 0.2) is 0 Å². The highest BCUT2D eigenvalue weighted by Crippen LogP contribution is 2.39. The van der Waals surface area contributed by atoms with Crippen molar-refractivity contribution in [3.8, 4) is 23.5 Å². The van der Waals surface area contributed by atoms with Crippen molar-refractivity contribution in [2.75, 3.05) is 18.8 Å². The molecular weight excluding hydrogens is 353 g/mol. The van der Waals surface area contributed by atoms with Gasteiger partial charge in [-0.1, -0.05) is 43.5 Å². The van der Waals surface area contributed by atoms with Crippen LogP contribution in [0.5, 0.6) is 0 Å². The molecule has 0 radical (unpaired) electrons. The molecule has 2 rings (SSSR count). The maximum Gasteiger partial charge on any atom is 0.123 e. The van der Waals surface area contributed by atoms with Crippen molar-refractivity contribution < 1.29 is 9.50 Å². The first-order valence-corrected chi connectivity index (χ1v) is 8.66. The highest BCUT2D eigenvalue weighted by molar-refractivity contribution is 6.32. The van der Waals surface area contributed by atoms with Crippen LogP contribution in [-0.4, -0.2) is 23.2 Å². The third kappa shape index (κ3) is 5.45. The van der Waals surface area contributed by atoms with Crippen molar-refractivity contribution in [1.29, 1.82) is 0 Å². The first kappa shape index (κ1) is 21.9. The molecule has 0 saturated heterocycles. The molecule has 4 nitrogen and oxygen atoms in total. The fourth-order valence-corrected chi connectivity index (χ4v) is 2.63. The molecular formula is C20H25ClFN3O. The molecule has 0 aliphatic carbocycles. The van der Waals surface area contributed by atoms with E-state index in [1.54, 1.807) is 30.1 Å². The monoisotopic (exact) mass is 377 g/mol. The maximum absolute atomic E-state index is 13.4. The number of rotatable bonds is 4. The number of aliphatic hydroxyl groups is 1. The molecule has 0 aliphatic heterocycles. The fraction of sp³-hybridized carbons (Fsp3) is 0.300. The van der Waals surface area contributed by atoms with E-state index in [4.69, 9.17) is 29.6 Å². The molecule has 5 N–H and O–H groups in total. The molecule has 0 amide bonds. The smallest absolute Gasteiger partial charge is 0.123 e. The lowest BCUT2D eigenvalue weighted by molar-refractivity contribution is 0.200. The summed E-state index contributed by atoms with van der Waals surface area (Å²) in [6, 6.07) is 7.51. The van der Waals surface area contributed by atoms with Crippen LogP contribution in [0.4, 0.5) is 10.1 Å². The quantitative estimate of drug-likeness (QED) is 0.326. The second kappa shape index (κ2) is 10.1. The summed E-state index contributed by atoms with van der Waals surface area (Å²) in [6.07, 6.45) is 4.60. The van der Waals surface area contributed by atoms with Crippen LogP contribution in [0.1, 0.15) is 38.0 Å². The zero-order valence-corrected chi connectivity index (χ0v) is 16.0. The third-order valence-corrected chi connectivity index (χ3v) is 4.17. The van der Waals surface area contributed by atoms with Crippen LogP contribution in [0.3, 0.4) is 0 Å². The van der Waals surface area contributed by atoms with Crippen LogP contribution >= 0.6 is 11.6 Å². The number of nitrogens with zero attached hydrogens (tertiary/aromatic N) is 1. The zero-order valence-electron chi connectivity index (χ0n) is 15.3. The zero-order chi connectivity index (χ0) is 19.9. The molecule has 6 heteroatoms. The van der Waals surface area contributed by atoms with E-state index in [9.17, 15) is 9.50 Å². The van der Waals surface area contributed by atoms with Crippen molar-refractivity contribution in [3.05, 3.63) is 52.3 Å². The molecule has 2 aromatic carbocycles. The van der Waals surface area contributed by atoms with Crippen LogP contribution in [0.25, 0.3) is 11.1 Å². The number of hydrazine groups is 1. The normalized spacial score (nSPS) is 11.5. The standard InChI is InChI=1S/C16H13ClFNO.C4H12N2/c1-3-12-14(17)8-13(9(2)20)15(16(12)19)10-5-4-6-11(18)7-10;1-3-6(5)4-2/h1,4-9,20H,19H2,2H3;3-5H2,1-2H3. The molecule has 140 valence electrons. The SMILES string of the molecule is C#Cc1c(Cl)cc(C(C)O)c(-c2cccc(F)c2)c1N.CCN(N)CC. The van der Waals surface area contributed by atoms with Gasteiger partial charge in [-0.15, -0.1) is 6.42 Å². The van der Waals surface area contributed by atoms with Crippen molar-refractivity contribution in [3.63, 3.8) is 0 Å². The Kier molecular flexibility index (Phi) is 8.56. The van der Waals surface area contributed by atoms with Gasteiger partial charge in [-0.05, 0) is 36.2 Å². The van der Waals surface area contributed by atoms with Gasteiger partial charge >= 0.3 is 0 Å². The average molecular weight is 378 g/mol. The lowest BCUT2D eigenvalue weighted by Gasteiger charge is -2.17. The molecule has 1 atom stereocenters. The highest BCUT2D eigenvalue weighted by atomic mass is 35.5. The number of benzene rings is 2. The van der Waals surface area contributed by atoms with Crippen molar-refractivity contribution in [1.82, 2.24) is 5.01 Å². The van der Waals surface area contributed by atoms with Crippen molar-refractivity contribution in [2.24, 2.45) is 5.84 Å². The van der Waals surface area contributed by atoms with E-state index in [1.165, 1.54) is 12.1 Å². The summed E-state index contributed by atoms with van der Waals surface area (Å²) in [5.74, 6) is 7.33. The molecule has 26 heavy (non-hydrogen) atoms. The minimum atomic E-state index is -0.806. The second-order valence-electron chi connectivity index (χ2n) is 5.66. The Morgan fingerprint density at radius 2 is 1.92 bits per heavy atom. The minimum absolute atomic E-state index is 0.265. The van der Waals surface area contributed by atoms with E-state index < -0.39 is 11.9 Å². The molecule has 1 unspecified atom stereocenters. The van der Waals surface area contributed by atoms with E-state index >= 15 is 0 Å². The number of anilines is 1. The van der Waals surface area contributed by atoms with E-state index in [1.807, 2.05) is 13.8 Å². The summed E-state index contributed by atoms with van der Waals surface area (Å²) >= 11 is 6.06. The van der Waals surface area contributed by atoms with Gasteiger partial charge in [-0.2, -0.15) is 0 Å². The Hall–Kier alpha value is -2.10. The Morgan fingerprint density at radius 1 is 1.31 bits per heavy atom. The van der Waals surface area contributed by atoms with Crippen LogP contribution in [0.2, 0.25) is 5.02 Å². The molecule has 0 heterocycles. The molecule has 0 spiro atoms. The first-order valence-electron chi connectivity index (χ1n) is 8.28. The highest BCUT2D eigenvalue weighted by Gasteiger charge is 2.18. The Balaban J connectivity index is 0.000000487. The molecule has 0 saturated carbocycles. The Bertz CT molecular complexity index is 783. The van der Waals surface area contributed by atoms with E-state index in [0.717, 1.165) is 13.1 Å². The molecule has 0 aromatic heterocycles. The Labute approximate surface area is 159 Å². The number of hydrogen-bond acceptors (Lipinski definition) is 4. The predicted octanol–water partition coefficient (Wildman–Crippen LogP) is 3.96. The van der Waals surface area contributed by atoms with Gasteiger partial charge in [-0.25, -0.2) is 9.40 Å². The van der Waals surface area contributed by atoms with Crippen molar-refractivity contribution in [2.45, 2.75) is 26.9 Å². The summed E-state index contributed by atoms with van der Waals surface area (Å²) in [6.45, 7) is 7.53. The van der Waals surface area contributed by atoms with Crippen molar-refractivity contribution >= 4 is 17.3 Å². The Morgan fingerprint density at radius 3 is 2.35 bits per heavy atom. The van der Waals surface area contributed by atoms with Gasteiger partial charge in [0.2, 0.25) is 0 Å². The first-order chi connectivity index (χ1) is 12.3. The topological polar surface area (TPSA) is 75.5 Å². The average Bonchev–Trinajstić information content (AvgIpc) is 2.61. The van der Waals surface area contributed by atoms with Gasteiger partial charge in [0.1, 0.15) is 5.82 Å². The second-order valence-corrected chi connectivity index (χ2v) is 6.07. The predicted molar refractivity (Wildman–Crippen MR) is 107 cm³/mol. The van der Waals surface area contributed by atoms with Gasteiger partial charge in [0.05, 0.1) is 22.4 Å². The van der Waals surface area contributed by atoms with E-state index in [2.05, 4.69) is 5.92 Å². The maximum atomic E-state index is 13.4. The minimum Gasteiger partial charge on any atom is -0.397 e. The van der Waals surface area contributed by atoms with Gasteiger partial charge in [0.25, 0.3) is 0 Å². The van der Waals surface area contributed by atoms with Crippen LogP contribution in [-0.2, 0) is 0 Å². The van der Waals surface area contributed by atoms with Crippen LogP contribution < -0.4 is 11.6 Å². The molecule has 0 bridgehead atoms. The molecule has 2 aromatic rings. The summed E-state index contributed by atoms with van der Waals surface area (Å²) in [4.78, 5) is 0. The third-order valence-electron chi connectivity index (χ3n) is 3.87. The largest absolute Gasteiger partial charge is 0.397 e.